The second-order valence-electron chi connectivity index (χ2n) is 4.91. The summed E-state index contributed by atoms with van der Waals surface area (Å²) in [5.41, 5.74) is 7.52. The zero-order valence-corrected chi connectivity index (χ0v) is 12.4. The first kappa shape index (κ1) is 18.5. The maximum absolute atomic E-state index is 11.6. The molecule has 21 heavy (non-hydrogen) atoms. The van der Waals surface area contributed by atoms with E-state index in [2.05, 4.69) is 25.4 Å². The van der Waals surface area contributed by atoms with E-state index in [1.165, 1.54) is 0 Å². The minimum absolute atomic E-state index is 0.290. The predicted molar refractivity (Wildman–Crippen MR) is 72.2 cm³/mol. The minimum atomic E-state index is -1.11. The average Bonchev–Trinajstić information content (AvgIpc) is 2.38. The Bertz CT molecular complexity index is 439. The summed E-state index contributed by atoms with van der Waals surface area (Å²) in [6.07, 6.45) is -0.762. The van der Waals surface area contributed by atoms with E-state index in [4.69, 9.17) is 10.3 Å². The van der Waals surface area contributed by atoms with Crippen molar-refractivity contribution < 1.29 is 23.9 Å². The van der Waals surface area contributed by atoms with Crippen LogP contribution in [-0.4, -0.2) is 49.8 Å². The van der Waals surface area contributed by atoms with Crippen molar-refractivity contribution in [3.63, 3.8) is 0 Å². The first-order chi connectivity index (χ1) is 9.69. The number of rotatable bonds is 6. The summed E-state index contributed by atoms with van der Waals surface area (Å²) in [5, 5.41) is 7.69. The van der Waals surface area contributed by atoms with Crippen LogP contribution in [0.3, 0.4) is 0 Å². The summed E-state index contributed by atoms with van der Waals surface area (Å²) in [5.74, 6) is -1.41. The highest BCUT2D eigenvalue weighted by molar-refractivity contribution is 5.87. The van der Waals surface area contributed by atoms with Crippen molar-refractivity contribution >= 4 is 18.0 Å². The number of hydrogen-bond acceptors (Lipinski definition) is 6. The SMILES string of the molecule is COC(=O)[C@H](CN=[N+]=[N-])NC(=O)CNC(=O)OC(C)(C)C. The largest absolute Gasteiger partial charge is 0.467 e. The standard InChI is InChI=1S/C11H19N5O5/c1-11(2,3)21-10(19)13-6-8(17)15-7(5-14-16-12)9(18)20-4/h7H,5-6H2,1-4H3,(H,13,19)(H,15,17)/t7-/m0/s1. The molecule has 0 saturated carbocycles. The van der Waals surface area contributed by atoms with Gasteiger partial charge in [0.1, 0.15) is 18.2 Å². The topological polar surface area (TPSA) is 142 Å². The molecule has 118 valence electrons. The molecule has 0 fully saturated rings. The Morgan fingerprint density at radius 1 is 1.33 bits per heavy atom. The molecule has 0 heterocycles. The molecule has 0 saturated heterocycles. The van der Waals surface area contributed by atoms with Crippen LogP contribution >= 0.6 is 0 Å². The van der Waals surface area contributed by atoms with Gasteiger partial charge in [-0.2, -0.15) is 0 Å². The van der Waals surface area contributed by atoms with E-state index < -0.39 is 36.2 Å². The highest BCUT2D eigenvalue weighted by Gasteiger charge is 2.21. The van der Waals surface area contributed by atoms with Gasteiger partial charge in [0.05, 0.1) is 13.7 Å². The third kappa shape index (κ3) is 9.11. The molecule has 0 aromatic rings. The molecule has 0 spiro atoms. The average molecular weight is 301 g/mol. The molecular weight excluding hydrogens is 282 g/mol. The fourth-order valence-corrected chi connectivity index (χ4v) is 1.15. The third-order valence-corrected chi connectivity index (χ3v) is 1.94. The van der Waals surface area contributed by atoms with Crippen molar-refractivity contribution in [2.45, 2.75) is 32.4 Å². The predicted octanol–water partition coefficient (Wildman–Crippen LogP) is 0.479. The number of carbonyl (C=O) groups excluding carboxylic acids is 3. The molecule has 0 aliphatic heterocycles. The Labute approximate surface area is 121 Å². The number of nitrogens with zero attached hydrogens (tertiary/aromatic N) is 3. The number of hydrogen-bond donors (Lipinski definition) is 2. The van der Waals surface area contributed by atoms with Crippen LogP contribution < -0.4 is 10.6 Å². The van der Waals surface area contributed by atoms with Gasteiger partial charge >= 0.3 is 12.1 Å². The van der Waals surface area contributed by atoms with E-state index in [0.29, 0.717) is 0 Å². The third-order valence-electron chi connectivity index (χ3n) is 1.94. The van der Waals surface area contributed by atoms with Gasteiger partial charge in [-0.15, -0.1) is 0 Å². The maximum atomic E-state index is 11.6. The van der Waals surface area contributed by atoms with Crippen molar-refractivity contribution in [2.24, 2.45) is 5.11 Å². The molecule has 0 aromatic carbocycles. The van der Waals surface area contributed by atoms with Crippen LogP contribution in [0.4, 0.5) is 4.79 Å². The Hall–Kier alpha value is -2.48. The minimum Gasteiger partial charge on any atom is -0.467 e. The highest BCUT2D eigenvalue weighted by atomic mass is 16.6. The lowest BCUT2D eigenvalue weighted by Crippen LogP contribution is -2.47. The normalized spacial score (nSPS) is 11.6. The van der Waals surface area contributed by atoms with Crippen LogP contribution in [-0.2, 0) is 19.1 Å². The zero-order chi connectivity index (χ0) is 16.5. The van der Waals surface area contributed by atoms with E-state index in [1.807, 2.05) is 0 Å². The smallest absolute Gasteiger partial charge is 0.408 e. The number of azide groups is 1. The number of esters is 1. The van der Waals surface area contributed by atoms with Crippen LogP contribution in [0.25, 0.3) is 10.4 Å². The van der Waals surface area contributed by atoms with Gasteiger partial charge in [-0.1, -0.05) is 5.11 Å². The first-order valence-corrected chi connectivity index (χ1v) is 6.04. The molecule has 0 aromatic heterocycles. The first-order valence-electron chi connectivity index (χ1n) is 6.04. The van der Waals surface area contributed by atoms with Crippen LogP contribution in [0.2, 0.25) is 0 Å². The molecule has 1 atom stereocenters. The summed E-state index contributed by atoms with van der Waals surface area (Å²) >= 11 is 0. The lowest BCUT2D eigenvalue weighted by molar-refractivity contribution is -0.144. The summed E-state index contributed by atoms with van der Waals surface area (Å²) in [7, 11) is 1.14. The summed E-state index contributed by atoms with van der Waals surface area (Å²) in [6, 6.07) is -1.11. The number of carbonyl (C=O) groups is 3. The molecular formula is C11H19N5O5. The molecule has 0 bridgehead atoms. The van der Waals surface area contributed by atoms with Gasteiger partial charge in [0, 0.05) is 4.91 Å². The molecule has 0 aliphatic carbocycles. The number of alkyl carbamates (subject to hydrolysis) is 1. The van der Waals surface area contributed by atoms with Gasteiger partial charge in [0.2, 0.25) is 5.91 Å². The van der Waals surface area contributed by atoms with Crippen molar-refractivity contribution in [1.29, 1.82) is 0 Å². The van der Waals surface area contributed by atoms with Gasteiger partial charge < -0.3 is 20.1 Å². The van der Waals surface area contributed by atoms with Crippen molar-refractivity contribution in [3.8, 4) is 0 Å². The van der Waals surface area contributed by atoms with Crippen molar-refractivity contribution in [3.05, 3.63) is 10.4 Å². The second-order valence-corrected chi connectivity index (χ2v) is 4.91. The molecule has 0 unspecified atom stereocenters. The Kier molecular flexibility index (Phi) is 7.62. The van der Waals surface area contributed by atoms with Crippen LogP contribution in [0.15, 0.2) is 5.11 Å². The van der Waals surface area contributed by atoms with Gasteiger partial charge in [-0.05, 0) is 26.3 Å². The van der Waals surface area contributed by atoms with Gasteiger partial charge in [-0.25, -0.2) is 9.59 Å². The number of ether oxygens (including phenoxy) is 2. The van der Waals surface area contributed by atoms with E-state index in [0.717, 1.165) is 7.11 Å². The van der Waals surface area contributed by atoms with Crippen LogP contribution in [0.1, 0.15) is 20.8 Å². The van der Waals surface area contributed by atoms with E-state index >= 15 is 0 Å². The fourth-order valence-electron chi connectivity index (χ4n) is 1.15. The summed E-state index contributed by atoms with van der Waals surface area (Å²) in [4.78, 5) is 36.8. The number of nitrogens with one attached hydrogen (secondary N) is 2. The second kappa shape index (κ2) is 8.64. The molecule has 0 aliphatic rings. The molecule has 0 radical (unpaired) electrons. The van der Waals surface area contributed by atoms with E-state index in [1.54, 1.807) is 20.8 Å². The van der Waals surface area contributed by atoms with Gasteiger partial charge in [0.25, 0.3) is 0 Å². The molecule has 0 rings (SSSR count). The lowest BCUT2D eigenvalue weighted by atomic mass is 10.2. The zero-order valence-electron chi connectivity index (χ0n) is 12.4. The van der Waals surface area contributed by atoms with Gasteiger partial charge in [0.15, 0.2) is 0 Å². The van der Waals surface area contributed by atoms with E-state index in [9.17, 15) is 14.4 Å². The van der Waals surface area contributed by atoms with Crippen LogP contribution in [0.5, 0.6) is 0 Å². The quantitative estimate of drug-likeness (QED) is 0.317. The maximum Gasteiger partial charge on any atom is 0.408 e. The molecule has 2 N–H and O–H groups in total. The monoisotopic (exact) mass is 301 g/mol. The highest BCUT2D eigenvalue weighted by Crippen LogP contribution is 2.06. The summed E-state index contributed by atoms with van der Waals surface area (Å²) in [6.45, 7) is 4.36. The van der Waals surface area contributed by atoms with Crippen LogP contribution in [0, 0.1) is 0 Å². The van der Waals surface area contributed by atoms with Crippen molar-refractivity contribution in [2.75, 3.05) is 20.2 Å². The van der Waals surface area contributed by atoms with E-state index in [-0.39, 0.29) is 6.54 Å². The number of amides is 2. The van der Waals surface area contributed by atoms with Crippen molar-refractivity contribution in [1.82, 2.24) is 10.6 Å². The fraction of sp³-hybridized carbons (Fsp3) is 0.727. The summed E-state index contributed by atoms with van der Waals surface area (Å²) < 4.78 is 9.39. The molecule has 2 amide bonds. The number of methoxy groups -OCH3 is 1. The molecule has 10 heteroatoms. The Balaban J connectivity index is 4.34. The Morgan fingerprint density at radius 3 is 2.43 bits per heavy atom. The Morgan fingerprint density at radius 2 is 1.95 bits per heavy atom. The lowest BCUT2D eigenvalue weighted by Gasteiger charge is -2.20. The molecule has 10 nitrogen and oxygen atoms in total. The van der Waals surface area contributed by atoms with Gasteiger partial charge in [-0.3, -0.25) is 4.79 Å².